The largest absolute Gasteiger partial charge is 2.00 e. The minimum atomic E-state index is -0.831. The standard InChI is InChI=1S/C6H13Si.C2H5.Zn/c1-5-6-7(2,3)4;1-2;/h1,6H2,2-4H3;1H2,2H3;/q2*-1;+2. The second-order valence-corrected chi connectivity index (χ2v) is 8.46. The van der Waals surface area contributed by atoms with E-state index in [-0.39, 0.29) is 19.5 Å². The summed E-state index contributed by atoms with van der Waals surface area (Å²) >= 11 is 0. The van der Waals surface area contributed by atoms with E-state index in [0.717, 1.165) is 6.04 Å². The third kappa shape index (κ3) is 23.5. The summed E-state index contributed by atoms with van der Waals surface area (Å²) in [6, 6.07) is 1.12. The van der Waals surface area contributed by atoms with E-state index in [1.54, 1.807) is 6.92 Å². The van der Waals surface area contributed by atoms with Crippen LogP contribution < -0.4 is 0 Å². The number of hydrogen-bond donors (Lipinski definition) is 0. The van der Waals surface area contributed by atoms with Crippen LogP contribution in [-0.2, 0) is 19.5 Å². The van der Waals surface area contributed by atoms with Gasteiger partial charge in [-0.15, -0.1) is 0 Å². The average molecular weight is 208 g/mol. The number of allylic oxidation sites excluding steroid dienone is 1. The Labute approximate surface area is 79.9 Å². The van der Waals surface area contributed by atoms with E-state index in [0.29, 0.717) is 0 Å². The minimum absolute atomic E-state index is 0. The van der Waals surface area contributed by atoms with Crippen molar-refractivity contribution in [3.8, 4) is 0 Å². The van der Waals surface area contributed by atoms with E-state index >= 15 is 0 Å². The van der Waals surface area contributed by atoms with Crippen LogP contribution in [0.25, 0.3) is 0 Å². The molecule has 0 aliphatic rings. The molecule has 56 valence electrons. The zero-order chi connectivity index (χ0) is 7.91. The van der Waals surface area contributed by atoms with Gasteiger partial charge < -0.3 is 13.0 Å². The maximum absolute atomic E-state index is 3.56. The molecule has 0 aromatic heterocycles. The van der Waals surface area contributed by atoms with Crippen LogP contribution in [0.1, 0.15) is 6.92 Å². The van der Waals surface area contributed by atoms with Crippen LogP contribution in [0.15, 0.2) is 6.58 Å². The van der Waals surface area contributed by atoms with Gasteiger partial charge in [0.25, 0.3) is 0 Å². The molecule has 0 bridgehead atoms. The summed E-state index contributed by atoms with van der Waals surface area (Å²) in [5, 5.41) is 0. The van der Waals surface area contributed by atoms with Crippen LogP contribution in [0.4, 0.5) is 0 Å². The molecule has 0 nitrogen and oxygen atoms in total. The topological polar surface area (TPSA) is 0 Å². The molecular weight excluding hydrogens is 190 g/mol. The van der Waals surface area contributed by atoms with Crippen LogP contribution in [0, 0.1) is 13.0 Å². The van der Waals surface area contributed by atoms with Crippen molar-refractivity contribution in [1.29, 1.82) is 0 Å². The van der Waals surface area contributed by atoms with Crippen molar-refractivity contribution in [3.05, 3.63) is 19.6 Å². The van der Waals surface area contributed by atoms with E-state index in [1.165, 1.54) is 0 Å². The molecule has 0 aromatic carbocycles. The Morgan fingerprint density at radius 3 is 1.60 bits per heavy atom. The molecule has 0 aliphatic carbocycles. The Morgan fingerprint density at radius 1 is 1.30 bits per heavy atom. The Balaban J connectivity index is -0.000000149. The first-order valence-corrected chi connectivity index (χ1v) is 6.97. The molecule has 0 aromatic rings. The summed E-state index contributed by atoms with van der Waals surface area (Å²) in [5.74, 6) is 0. The van der Waals surface area contributed by atoms with Crippen LogP contribution in [0.2, 0.25) is 25.7 Å². The van der Waals surface area contributed by atoms with E-state index in [1.807, 2.05) is 0 Å². The van der Waals surface area contributed by atoms with Crippen LogP contribution in [0.5, 0.6) is 0 Å². The van der Waals surface area contributed by atoms with E-state index < -0.39 is 8.07 Å². The predicted molar refractivity (Wildman–Crippen MR) is 48.1 cm³/mol. The van der Waals surface area contributed by atoms with Gasteiger partial charge in [0.1, 0.15) is 0 Å². The van der Waals surface area contributed by atoms with Crippen molar-refractivity contribution in [2.75, 3.05) is 0 Å². The molecule has 0 aliphatic heterocycles. The first kappa shape index (κ1) is 16.9. The van der Waals surface area contributed by atoms with Crippen molar-refractivity contribution in [3.63, 3.8) is 0 Å². The maximum Gasteiger partial charge on any atom is 2.00 e. The smallest absolute Gasteiger partial charge is 0.507 e. The second-order valence-electron chi connectivity index (χ2n) is 2.99. The van der Waals surface area contributed by atoms with Crippen molar-refractivity contribution >= 4 is 8.07 Å². The summed E-state index contributed by atoms with van der Waals surface area (Å²) in [6.45, 7) is 15.5. The molecule has 0 heterocycles. The fourth-order valence-corrected chi connectivity index (χ4v) is 1.12. The van der Waals surface area contributed by atoms with E-state index in [2.05, 4.69) is 39.2 Å². The summed E-state index contributed by atoms with van der Waals surface area (Å²) in [5.41, 5.74) is 0. The van der Waals surface area contributed by atoms with Gasteiger partial charge in [0.15, 0.2) is 0 Å². The zero-order valence-corrected chi connectivity index (χ0v) is 11.8. The molecule has 10 heavy (non-hydrogen) atoms. The van der Waals surface area contributed by atoms with Crippen LogP contribution >= 0.6 is 0 Å². The third-order valence-electron chi connectivity index (χ3n) is 0.655. The fourth-order valence-electron chi connectivity index (χ4n) is 0.375. The average Bonchev–Trinajstić information content (AvgIpc) is 1.69. The predicted octanol–water partition coefficient (Wildman–Crippen LogP) is 3.15. The molecule has 0 amide bonds. The maximum atomic E-state index is 3.56. The van der Waals surface area contributed by atoms with Crippen LogP contribution in [-0.4, -0.2) is 8.07 Å². The zero-order valence-electron chi connectivity index (χ0n) is 7.83. The van der Waals surface area contributed by atoms with Crippen molar-refractivity contribution in [1.82, 2.24) is 0 Å². The van der Waals surface area contributed by atoms with Crippen LogP contribution in [0.3, 0.4) is 0 Å². The Kier molecular flexibility index (Phi) is 16.2. The summed E-state index contributed by atoms with van der Waals surface area (Å²) < 4.78 is 0. The fraction of sp³-hybridized carbons (Fsp3) is 0.625. The van der Waals surface area contributed by atoms with Gasteiger partial charge in [0.2, 0.25) is 0 Å². The molecule has 0 unspecified atom stereocenters. The number of hydrogen-bond acceptors (Lipinski definition) is 0. The summed E-state index contributed by atoms with van der Waals surface area (Å²) in [7, 11) is -0.831. The molecule has 0 spiro atoms. The Bertz CT molecular complexity index is 64.1. The first-order valence-electron chi connectivity index (χ1n) is 3.27. The monoisotopic (exact) mass is 206 g/mol. The van der Waals surface area contributed by atoms with Gasteiger partial charge in [0, 0.05) is 8.07 Å². The third-order valence-corrected chi connectivity index (χ3v) is 1.97. The molecule has 0 saturated heterocycles. The van der Waals surface area contributed by atoms with E-state index in [9.17, 15) is 0 Å². The second kappa shape index (κ2) is 9.58. The van der Waals surface area contributed by atoms with Crippen molar-refractivity contribution in [2.45, 2.75) is 32.6 Å². The van der Waals surface area contributed by atoms with E-state index in [4.69, 9.17) is 0 Å². The van der Waals surface area contributed by atoms with Crippen molar-refractivity contribution in [2.24, 2.45) is 0 Å². The Morgan fingerprint density at radius 2 is 1.60 bits per heavy atom. The van der Waals surface area contributed by atoms with Gasteiger partial charge in [-0.3, -0.25) is 6.58 Å². The molecule has 2 heteroatoms. The number of rotatable bonds is 2. The first-order chi connectivity index (χ1) is 4.06. The SMILES string of the molecule is C=[C-]C[Si](C)(C)C.[CH2-]C.[Zn+2]. The molecule has 0 fully saturated rings. The summed E-state index contributed by atoms with van der Waals surface area (Å²) in [6.07, 6.45) is 2.92. The van der Waals surface area contributed by atoms with Crippen molar-refractivity contribution < 1.29 is 19.5 Å². The minimum Gasteiger partial charge on any atom is -0.507 e. The molecule has 0 atom stereocenters. The van der Waals surface area contributed by atoms with Gasteiger partial charge in [-0.2, -0.15) is 13.0 Å². The Hall–Kier alpha value is 0.580. The van der Waals surface area contributed by atoms with Gasteiger partial charge in [-0.25, -0.2) is 0 Å². The molecule has 0 saturated carbocycles. The van der Waals surface area contributed by atoms with Gasteiger partial charge in [-0.1, -0.05) is 19.6 Å². The van der Waals surface area contributed by atoms with Gasteiger partial charge >= 0.3 is 19.5 Å². The quantitative estimate of drug-likeness (QED) is 0.482. The molecule has 0 radical (unpaired) electrons. The van der Waals surface area contributed by atoms with Gasteiger partial charge in [-0.05, 0) is 0 Å². The molecule has 0 N–H and O–H groups in total. The normalized spacial score (nSPS) is 8.50. The summed E-state index contributed by atoms with van der Waals surface area (Å²) in [4.78, 5) is 0. The molecular formula is C8H18SiZn. The van der Waals surface area contributed by atoms with Gasteiger partial charge in [0.05, 0.1) is 0 Å². The molecule has 0 rings (SSSR count).